The fraction of sp³-hybridized carbons (Fsp3) is 0.355. The van der Waals surface area contributed by atoms with Crippen molar-refractivity contribution in [1.82, 2.24) is 10.2 Å². The van der Waals surface area contributed by atoms with Crippen LogP contribution < -0.4 is 9.62 Å². The third-order valence-electron chi connectivity index (χ3n) is 6.80. The van der Waals surface area contributed by atoms with Gasteiger partial charge in [0.15, 0.2) is 0 Å². The van der Waals surface area contributed by atoms with Gasteiger partial charge in [0.2, 0.25) is 11.8 Å². The molecule has 3 rings (SSSR count). The van der Waals surface area contributed by atoms with Crippen LogP contribution in [0.4, 0.5) is 5.69 Å². The van der Waals surface area contributed by atoms with Gasteiger partial charge in [0.25, 0.3) is 10.0 Å². The number of nitrogens with zero attached hydrogens (tertiary/aromatic N) is 2. The summed E-state index contributed by atoms with van der Waals surface area (Å²) in [6, 6.07) is 17.7. The van der Waals surface area contributed by atoms with E-state index in [1.54, 1.807) is 54.6 Å². The number of carbonyl (C=O) groups is 2. The van der Waals surface area contributed by atoms with E-state index in [4.69, 9.17) is 23.2 Å². The van der Waals surface area contributed by atoms with Crippen molar-refractivity contribution in [2.75, 3.05) is 23.7 Å². The number of rotatable bonds is 14. The first-order valence-electron chi connectivity index (χ1n) is 13.8. The summed E-state index contributed by atoms with van der Waals surface area (Å²) < 4.78 is 29.1. The summed E-state index contributed by atoms with van der Waals surface area (Å²) in [4.78, 5) is 29.8. The minimum absolute atomic E-state index is 0.0413. The summed E-state index contributed by atoms with van der Waals surface area (Å²) in [5.74, 6) is -0.819. The number of halogens is 2. The molecule has 0 aliphatic rings. The quantitative estimate of drug-likeness (QED) is 0.151. The number of benzene rings is 3. The van der Waals surface area contributed by atoms with Crippen LogP contribution in [0.5, 0.6) is 0 Å². The second-order valence-electron chi connectivity index (χ2n) is 9.86. The number of carbonyl (C=O) groups excluding carboxylic acids is 2. The number of sulfonamides is 1. The van der Waals surface area contributed by atoms with E-state index in [0.29, 0.717) is 34.3 Å². The van der Waals surface area contributed by atoms with Gasteiger partial charge in [0.1, 0.15) is 12.6 Å². The maximum absolute atomic E-state index is 14.1. The highest BCUT2D eigenvalue weighted by molar-refractivity contribution is 7.98. The van der Waals surface area contributed by atoms with E-state index in [2.05, 4.69) is 5.32 Å². The number of unbranched alkanes of at least 4 members (excludes halogenated alkanes) is 1. The van der Waals surface area contributed by atoms with Crippen LogP contribution in [0, 0.1) is 6.92 Å². The summed E-state index contributed by atoms with van der Waals surface area (Å²) in [5, 5.41) is 3.61. The van der Waals surface area contributed by atoms with Gasteiger partial charge in [-0.15, -0.1) is 11.8 Å². The first-order chi connectivity index (χ1) is 20.0. The molecule has 0 unspecified atom stereocenters. The van der Waals surface area contributed by atoms with E-state index in [-0.39, 0.29) is 17.3 Å². The molecule has 0 aromatic heterocycles. The minimum atomic E-state index is -4.14. The molecule has 2 amide bonds. The van der Waals surface area contributed by atoms with Crippen LogP contribution in [-0.4, -0.2) is 50.5 Å². The predicted molar refractivity (Wildman–Crippen MR) is 173 cm³/mol. The predicted octanol–water partition coefficient (Wildman–Crippen LogP) is 6.94. The lowest BCUT2D eigenvalue weighted by molar-refractivity contribution is -0.140. The number of aryl methyl sites for hydroxylation is 1. The molecule has 0 saturated heterocycles. The van der Waals surface area contributed by atoms with Gasteiger partial charge in [-0.05, 0) is 80.1 Å². The number of amides is 2. The molecule has 1 N–H and O–H groups in total. The Bertz CT molecular complexity index is 1470. The summed E-state index contributed by atoms with van der Waals surface area (Å²) in [6.45, 7) is 5.77. The second-order valence-corrected chi connectivity index (χ2v) is 13.4. The summed E-state index contributed by atoms with van der Waals surface area (Å²) in [5.41, 5.74) is 1.95. The van der Waals surface area contributed by atoms with Crippen molar-refractivity contribution >= 4 is 62.5 Å². The topological polar surface area (TPSA) is 86.8 Å². The van der Waals surface area contributed by atoms with Crippen LogP contribution in [0.2, 0.25) is 10.0 Å². The molecular formula is C31H37Cl2N3O4S2. The zero-order valence-corrected chi connectivity index (χ0v) is 27.4. The van der Waals surface area contributed by atoms with Gasteiger partial charge in [0, 0.05) is 18.0 Å². The minimum Gasteiger partial charge on any atom is -0.354 e. The highest BCUT2D eigenvalue weighted by Gasteiger charge is 2.33. The highest BCUT2D eigenvalue weighted by atomic mass is 35.5. The van der Waals surface area contributed by atoms with E-state index in [1.165, 1.54) is 28.8 Å². The van der Waals surface area contributed by atoms with Crippen molar-refractivity contribution in [3.63, 3.8) is 0 Å². The molecule has 0 aliphatic heterocycles. The van der Waals surface area contributed by atoms with E-state index >= 15 is 0 Å². The molecule has 7 nitrogen and oxygen atoms in total. The number of hydrogen-bond donors (Lipinski definition) is 1. The zero-order valence-electron chi connectivity index (χ0n) is 24.3. The molecule has 3 aromatic carbocycles. The maximum atomic E-state index is 14.1. The van der Waals surface area contributed by atoms with Crippen LogP contribution in [0.25, 0.3) is 0 Å². The van der Waals surface area contributed by atoms with Gasteiger partial charge in [-0.25, -0.2) is 8.42 Å². The van der Waals surface area contributed by atoms with Crippen LogP contribution in [-0.2, 0) is 26.2 Å². The Morgan fingerprint density at radius 1 is 0.952 bits per heavy atom. The van der Waals surface area contributed by atoms with Crippen molar-refractivity contribution in [3.05, 3.63) is 87.9 Å². The Morgan fingerprint density at radius 2 is 1.62 bits per heavy atom. The number of hydrogen-bond acceptors (Lipinski definition) is 5. The van der Waals surface area contributed by atoms with Crippen LogP contribution in [0.3, 0.4) is 0 Å². The lowest BCUT2D eigenvalue weighted by Crippen LogP contribution is -2.52. The van der Waals surface area contributed by atoms with Gasteiger partial charge < -0.3 is 10.2 Å². The van der Waals surface area contributed by atoms with E-state index in [0.717, 1.165) is 27.6 Å². The first-order valence-corrected chi connectivity index (χ1v) is 17.2. The number of anilines is 1. The summed E-state index contributed by atoms with van der Waals surface area (Å²) >= 11 is 13.9. The van der Waals surface area contributed by atoms with Gasteiger partial charge >= 0.3 is 0 Å². The molecule has 0 saturated carbocycles. The van der Waals surface area contributed by atoms with Crippen LogP contribution in [0.15, 0.2) is 76.5 Å². The smallest absolute Gasteiger partial charge is 0.264 e. The van der Waals surface area contributed by atoms with Gasteiger partial charge in [-0.3, -0.25) is 13.9 Å². The normalized spacial score (nSPS) is 12.0. The standard InChI is InChI=1S/C31H37Cl2N3O4S2/c1-5-7-18-34-31(38)29(6-2)35(20-23-10-17-27(32)28(33)19-23)30(37)21-36(24-11-8-22(3)9-12-24)42(39,40)26-15-13-25(41-4)14-16-26/h8-17,19,29H,5-7,18,20-21H2,1-4H3,(H,34,38)/t29-/m0/s1. The molecule has 1 atom stereocenters. The molecule has 3 aromatic rings. The third kappa shape index (κ3) is 8.66. The Kier molecular flexibility index (Phi) is 12.6. The summed E-state index contributed by atoms with van der Waals surface area (Å²) in [6.07, 6.45) is 3.95. The Balaban J connectivity index is 2.04. The Labute approximate surface area is 263 Å². The molecule has 42 heavy (non-hydrogen) atoms. The van der Waals surface area contributed by atoms with E-state index in [1.807, 2.05) is 27.0 Å². The molecule has 0 heterocycles. The first kappa shape index (κ1) is 33.8. The van der Waals surface area contributed by atoms with Crippen molar-refractivity contribution in [2.45, 2.75) is 62.4 Å². The van der Waals surface area contributed by atoms with Crippen LogP contribution >= 0.6 is 35.0 Å². The maximum Gasteiger partial charge on any atom is 0.264 e. The average molecular weight is 651 g/mol. The van der Waals surface area contributed by atoms with Crippen molar-refractivity contribution in [1.29, 1.82) is 0 Å². The molecule has 0 radical (unpaired) electrons. The largest absolute Gasteiger partial charge is 0.354 e. The molecule has 0 aliphatic carbocycles. The molecule has 0 fully saturated rings. The number of nitrogens with one attached hydrogen (secondary N) is 1. The Hall–Kier alpha value is -2.72. The van der Waals surface area contributed by atoms with Crippen molar-refractivity contribution < 1.29 is 18.0 Å². The van der Waals surface area contributed by atoms with Crippen molar-refractivity contribution in [3.8, 4) is 0 Å². The lowest BCUT2D eigenvalue weighted by Gasteiger charge is -2.33. The fourth-order valence-electron chi connectivity index (χ4n) is 4.38. The average Bonchev–Trinajstić information content (AvgIpc) is 2.98. The lowest BCUT2D eigenvalue weighted by atomic mass is 10.1. The molecular weight excluding hydrogens is 613 g/mol. The molecule has 226 valence electrons. The second kappa shape index (κ2) is 15.7. The SMILES string of the molecule is CCCCNC(=O)[C@H](CC)N(Cc1ccc(Cl)c(Cl)c1)C(=O)CN(c1ccc(C)cc1)S(=O)(=O)c1ccc(SC)cc1. The van der Waals surface area contributed by atoms with Gasteiger partial charge in [-0.2, -0.15) is 0 Å². The van der Waals surface area contributed by atoms with Gasteiger partial charge in [0.05, 0.1) is 20.6 Å². The third-order valence-corrected chi connectivity index (χ3v) is 10.1. The highest BCUT2D eigenvalue weighted by Crippen LogP contribution is 2.28. The fourth-order valence-corrected chi connectivity index (χ4v) is 6.52. The monoisotopic (exact) mass is 649 g/mol. The Morgan fingerprint density at radius 3 is 2.19 bits per heavy atom. The summed E-state index contributed by atoms with van der Waals surface area (Å²) in [7, 11) is -4.14. The molecule has 11 heteroatoms. The van der Waals surface area contributed by atoms with E-state index in [9.17, 15) is 18.0 Å². The van der Waals surface area contributed by atoms with Crippen molar-refractivity contribution in [2.24, 2.45) is 0 Å². The number of thioether (sulfide) groups is 1. The molecule has 0 spiro atoms. The van der Waals surface area contributed by atoms with Crippen LogP contribution in [0.1, 0.15) is 44.2 Å². The van der Waals surface area contributed by atoms with Gasteiger partial charge in [-0.1, -0.05) is 67.2 Å². The molecule has 0 bridgehead atoms. The van der Waals surface area contributed by atoms with E-state index < -0.39 is 28.5 Å². The zero-order chi connectivity index (χ0) is 30.9.